The number of fused-ring (bicyclic) bond motifs is 1. The largest absolute Gasteiger partial charge is 0.503 e. The maximum atomic E-state index is 13.4. The van der Waals surface area contributed by atoms with Crippen molar-refractivity contribution in [2.75, 3.05) is 5.32 Å². The van der Waals surface area contributed by atoms with Crippen LogP contribution in [0.3, 0.4) is 0 Å². The molecule has 1 heterocycles. The quantitative estimate of drug-likeness (QED) is 0.567. The second kappa shape index (κ2) is 5.10. The minimum absolute atomic E-state index is 0.166. The van der Waals surface area contributed by atoms with E-state index in [0.29, 0.717) is 16.8 Å². The van der Waals surface area contributed by atoms with Gasteiger partial charge in [0.2, 0.25) is 0 Å². The molecule has 0 aromatic heterocycles. The summed E-state index contributed by atoms with van der Waals surface area (Å²) in [5.74, 6) is -3.49. The molecule has 0 saturated heterocycles. The number of hydrogen-bond acceptors (Lipinski definition) is 2. The molecule has 2 N–H and O–H groups in total. The van der Waals surface area contributed by atoms with Crippen molar-refractivity contribution in [2.45, 2.75) is 0 Å². The molecule has 1 aliphatic rings. The lowest BCUT2D eigenvalue weighted by Crippen LogP contribution is -2.03. The Morgan fingerprint density at radius 1 is 1.14 bits per heavy atom. The van der Waals surface area contributed by atoms with Gasteiger partial charge in [-0.05, 0) is 64.6 Å². The molecule has 3 rings (SSSR count). The summed E-state index contributed by atoms with van der Waals surface area (Å²) < 4.78 is 27.6. The van der Waals surface area contributed by atoms with Gasteiger partial charge in [-0.25, -0.2) is 8.78 Å². The SMILES string of the molecule is O=C1Nc2ccc(I)cc2/C1=C/c1cc(F)c(O)c(F)c1. The number of halogens is 3. The molecule has 6 heteroatoms. The van der Waals surface area contributed by atoms with Crippen LogP contribution in [0.1, 0.15) is 11.1 Å². The number of anilines is 1. The highest BCUT2D eigenvalue weighted by Crippen LogP contribution is 2.34. The summed E-state index contributed by atoms with van der Waals surface area (Å²) in [6.45, 7) is 0. The average Bonchev–Trinajstić information content (AvgIpc) is 2.72. The Bertz CT molecular complexity index is 779. The summed E-state index contributed by atoms with van der Waals surface area (Å²) >= 11 is 2.12. The van der Waals surface area contributed by atoms with E-state index in [2.05, 4.69) is 27.9 Å². The molecule has 0 fully saturated rings. The molecule has 2 aromatic carbocycles. The lowest BCUT2D eigenvalue weighted by atomic mass is 10.0. The highest BCUT2D eigenvalue weighted by Gasteiger charge is 2.24. The summed E-state index contributed by atoms with van der Waals surface area (Å²) in [4.78, 5) is 12.0. The molecule has 0 unspecified atom stereocenters. The highest BCUT2D eigenvalue weighted by molar-refractivity contribution is 14.1. The zero-order chi connectivity index (χ0) is 15.1. The van der Waals surface area contributed by atoms with Crippen molar-refractivity contribution in [3.8, 4) is 5.75 Å². The smallest absolute Gasteiger partial charge is 0.256 e. The molecule has 0 spiro atoms. The van der Waals surface area contributed by atoms with E-state index in [1.807, 2.05) is 12.1 Å². The number of phenolic OH excluding ortho intramolecular Hbond substituents is 1. The average molecular weight is 399 g/mol. The Hall–Kier alpha value is -1.96. The lowest BCUT2D eigenvalue weighted by molar-refractivity contribution is -0.110. The fraction of sp³-hybridized carbons (Fsp3) is 0. The number of carbonyl (C=O) groups excluding carboxylic acids is 1. The van der Waals surface area contributed by atoms with Gasteiger partial charge in [-0.2, -0.15) is 0 Å². The van der Waals surface area contributed by atoms with Crippen molar-refractivity contribution in [1.29, 1.82) is 0 Å². The Morgan fingerprint density at radius 2 is 1.81 bits per heavy atom. The third-order valence-corrected chi connectivity index (χ3v) is 3.79. The Balaban J connectivity index is 2.13. The number of nitrogens with one attached hydrogen (secondary N) is 1. The van der Waals surface area contributed by atoms with E-state index >= 15 is 0 Å². The molecule has 21 heavy (non-hydrogen) atoms. The van der Waals surface area contributed by atoms with Crippen LogP contribution in [0.5, 0.6) is 5.75 Å². The molecule has 3 nitrogen and oxygen atoms in total. The summed E-state index contributed by atoms with van der Waals surface area (Å²) in [6.07, 6.45) is 1.39. The van der Waals surface area contributed by atoms with Crippen molar-refractivity contribution in [2.24, 2.45) is 0 Å². The Labute approximate surface area is 132 Å². The van der Waals surface area contributed by atoms with Gasteiger partial charge in [-0.1, -0.05) is 0 Å². The normalized spacial score (nSPS) is 15.2. The van der Waals surface area contributed by atoms with Gasteiger partial charge in [-0.3, -0.25) is 4.79 Å². The van der Waals surface area contributed by atoms with Gasteiger partial charge >= 0.3 is 0 Å². The first kappa shape index (κ1) is 14.0. The van der Waals surface area contributed by atoms with Crippen LogP contribution in [-0.4, -0.2) is 11.0 Å². The first-order chi connectivity index (χ1) is 9.95. The summed E-state index contributed by atoms with van der Waals surface area (Å²) in [5, 5.41) is 11.8. The van der Waals surface area contributed by atoms with E-state index in [0.717, 1.165) is 15.7 Å². The molecule has 2 aromatic rings. The molecule has 0 radical (unpaired) electrons. The number of hydrogen-bond donors (Lipinski definition) is 2. The van der Waals surface area contributed by atoms with Gasteiger partial charge in [0.05, 0.1) is 0 Å². The van der Waals surface area contributed by atoms with E-state index in [1.165, 1.54) is 6.08 Å². The second-order valence-corrected chi connectivity index (χ2v) is 5.78. The van der Waals surface area contributed by atoms with Gasteiger partial charge in [0.25, 0.3) is 5.91 Å². The Morgan fingerprint density at radius 3 is 2.48 bits per heavy atom. The zero-order valence-corrected chi connectivity index (χ0v) is 12.6. The number of aromatic hydroxyl groups is 1. The summed E-state index contributed by atoms with van der Waals surface area (Å²) in [5.41, 5.74) is 1.83. The van der Waals surface area contributed by atoms with E-state index in [4.69, 9.17) is 5.11 Å². The molecule has 0 aliphatic carbocycles. The Kier molecular flexibility index (Phi) is 3.40. The number of phenols is 1. The first-order valence-corrected chi connectivity index (χ1v) is 7.04. The van der Waals surface area contributed by atoms with Crippen LogP contribution in [0, 0.1) is 15.2 Å². The van der Waals surface area contributed by atoms with Crippen molar-refractivity contribution in [3.05, 3.63) is 56.7 Å². The predicted octanol–water partition coefficient (Wildman–Crippen LogP) is 3.77. The molecular formula is C15H8F2INO2. The van der Waals surface area contributed by atoms with Crippen LogP contribution in [-0.2, 0) is 4.79 Å². The van der Waals surface area contributed by atoms with Gasteiger partial charge < -0.3 is 10.4 Å². The fourth-order valence-electron chi connectivity index (χ4n) is 2.14. The highest BCUT2D eigenvalue weighted by atomic mass is 127. The van der Waals surface area contributed by atoms with E-state index in [-0.39, 0.29) is 11.5 Å². The van der Waals surface area contributed by atoms with Crippen LogP contribution >= 0.6 is 22.6 Å². The number of rotatable bonds is 1. The lowest BCUT2D eigenvalue weighted by Gasteiger charge is -2.02. The van der Waals surface area contributed by atoms with Gasteiger partial charge in [0.1, 0.15) is 0 Å². The molecule has 1 amide bonds. The summed E-state index contributed by atoms with van der Waals surface area (Å²) in [6, 6.07) is 7.39. The monoisotopic (exact) mass is 399 g/mol. The molecule has 1 aliphatic heterocycles. The van der Waals surface area contributed by atoms with Crippen LogP contribution in [0.25, 0.3) is 11.6 Å². The van der Waals surface area contributed by atoms with Crippen molar-refractivity contribution in [3.63, 3.8) is 0 Å². The number of amides is 1. The second-order valence-electron chi connectivity index (χ2n) is 4.54. The van der Waals surface area contributed by atoms with Crippen molar-refractivity contribution >= 4 is 45.8 Å². The fourth-order valence-corrected chi connectivity index (χ4v) is 2.63. The van der Waals surface area contributed by atoms with E-state index in [1.54, 1.807) is 6.07 Å². The topological polar surface area (TPSA) is 49.3 Å². The minimum atomic E-state index is -1.07. The van der Waals surface area contributed by atoms with Crippen molar-refractivity contribution < 1.29 is 18.7 Å². The van der Waals surface area contributed by atoms with Crippen LogP contribution in [0.15, 0.2) is 30.3 Å². The van der Waals surface area contributed by atoms with Crippen molar-refractivity contribution in [1.82, 2.24) is 0 Å². The van der Waals surface area contributed by atoms with Crippen LogP contribution in [0.2, 0.25) is 0 Å². The standard InChI is InChI=1S/C15H8F2INO2/c16-11-4-7(5-12(17)14(11)20)3-10-9-6-8(18)1-2-13(9)19-15(10)21/h1-6,20H,(H,19,21)/b10-3-. The minimum Gasteiger partial charge on any atom is -0.503 e. The third kappa shape index (κ3) is 2.51. The maximum Gasteiger partial charge on any atom is 0.256 e. The van der Waals surface area contributed by atoms with Gasteiger partial charge in [-0.15, -0.1) is 0 Å². The van der Waals surface area contributed by atoms with E-state index in [9.17, 15) is 13.6 Å². The molecular weight excluding hydrogens is 391 g/mol. The third-order valence-electron chi connectivity index (χ3n) is 3.11. The van der Waals surface area contributed by atoms with Crippen LogP contribution in [0.4, 0.5) is 14.5 Å². The number of benzene rings is 2. The zero-order valence-electron chi connectivity index (χ0n) is 10.5. The summed E-state index contributed by atoms with van der Waals surface area (Å²) in [7, 11) is 0. The number of carbonyl (C=O) groups is 1. The van der Waals surface area contributed by atoms with Gasteiger partial charge in [0.15, 0.2) is 17.4 Å². The molecule has 0 bridgehead atoms. The molecule has 0 atom stereocenters. The maximum absolute atomic E-state index is 13.4. The van der Waals surface area contributed by atoms with Crippen LogP contribution < -0.4 is 5.32 Å². The van der Waals surface area contributed by atoms with E-state index < -0.39 is 17.4 Å². The molecule has 0 saturated carbocycles. The van der Waals surface area contributed by atoms with Gasteiger partial charge in [0, 0.05) is 20.4 Å². The predicted molar refractivity (Wildman–Crippen MR) is 83.7 cm³/mol. The molecule has 106 valence electrons. The first-order valence-electron chi connectivity index (χ1n) is 5.96.